The molecule has 0 fully saturated rings. The van der Waals surface area contributed by atoms with Crippen LogP contribution in [0, 0.1) is 0 Å². The summed E-state index contributed by atoms with van der Waals surface area (Å²) >= 11 is 0. The lowest BCUT2D eigenvalue weighted by atomic mass is 10.2. The van der Waals surface area contributed by atoms with Gasteiger partial charge in [0.05, 0.1) is 7.11 Å². The zero-order valence-corrected chi connectivity index (χ0v) is 12.4. The topological polar surface area (TPSA) is 70.6 Å². The van der Waals surface area contributed by atoms with Crippen LogP contribution in [-0.2, 0) is 11.3 Å². The minimum Gasteiger partial charge on any atom is -0.504 e. The monoisotopic (exact) mass is 280 g/mol. The Morgan fingerprint density at radius 3 is 2.80 bits per heavy atom. The summed E-state index contributed by atoms with van der Waals surface area (Å²) in [5.41, 5.74) is 0.950. The van der Waals surface area contributed by atoms with E-state index >= 15 is 0 Å². The Kier molecular flexibility index (Phi) is 6.87. The van der Waals surface area contributed by atoms with E-state index < -0.39 is 0 Å². The summed E-state index contributed by atoms with van der Waals surface area (Å²) in [7, 11) is 1.52. The molecule has 1 rings (SSSR count). The standard InChI is InChI=1S/C15H24N2O3/c1-4-11(2)17-15(19)7-8-16-10-12-5-6-14(20-3)13(18)9-12/h5-6,9,11,16,18H,4,7-8,10H2,1-3H3,(H,17,19). The number of phenols is 1. The fourth-order valence-corrected chi connectivity index (χ4v) is 1.73. The molecule has 1 aromatic carbocycles. The number of hydrogen-bond acceptors (Lipinski definition) is 4. The van der Waals surface area contributed by atoms with Gasteiger partial charge in [-0.2, -0.15) is 0 Å². The van der Waals surface area contributed by atoms with Crippen LogP contribution >= 0.6 is 0 Å². The van der Waals surface area contributed by atoms with Crippen molar-refractivity contribution in [1.82, 2.24) is 10.6 Å². The maximum atomic E-state index is 11.6. The molecule has 1 atom stereocenters. The first kappa shape index (κ1) is 16.3. The van der Waals surface area contributed by atoms with Gasteiger partial charge < -0.3 is 20.5 Å². The van der Waals surface area contributed by atoms with Gasteiger partial charge in [0.2, 0.25) is 5.91 Å². The predicted octanol–water partition coefficient (Wildman–Crippen LogP) is 1.80. The van der Waals surface area contributed by atoms with Gasteiger partial charge in [0, 0.05) is 25.6 Å². The Labute approximate surface area is 120 Å². The number of carbonyl (C=O) groups is 1. The summed E-state index contributed by atoms with van der Waals surface area (Å²) in [6.45, 7) is 5.24. The molecular weight excluding hydrogens is 256 g/mol. The Morgan fingerprint density at radius 2 is 2.20 bits per heavy atom. The summed E-state index contributed by atoms with van der Waals surface area (Å²) in [6.07, 6.45) is 1.39. The number of rotatable bonds is 8. The second kappa shape index (κ2) is 8.43. The molecule has 0 aliphatic heterocycles. The van der Waals surface area contributed by atoms with E-state index in [-0.39, 0.29) is 17.7 Å². The highest BCUT2D eigenvalue weighted by molar-refractivity contribution is 5.76. The minimum atomic E-state index is 0.0597. The molecular formula is C15H24N2O3. The Morgan fingerprint density at radius 1 is 1.45 bits per heavy atom. The molecule has 0 spiro atoms. The molecule has 0 aliphatic carbocycles. The highest BCUT2D eigenvalue weighted by atomic mass is 16.5. The van der Waals surface area contributed by atoms with Crippen LogP contribution in [0.4, 0.5) is 0 Å². The molecule has 1 unspecified atom stereocenters. The third-order valence-corrected chi connectivity index (χ3v) is 3.12. The normalized spacial score (nSPS) is 11.9. The third-order valence-electron chi connectivity index (χ3n) is 3.12. The molecule has 5 heteroatoms. The fourth-order valence-electron chi connectivity index (χ4n) is 1.73. The number of amides is 1. The molecule has 20 heavy (non-hydrogen) atoms. The zero-order valence-electron chi connectivity index (χ0n) is 12.4. The summed E-state index contributed by atoms with van der Waals surface area (Å²) in [4.78, 5) is 11.6. The largest absolute Gasteiger partial charge is 0.504 e. The van der Waals surface area contributed by atoms with E-state index in [9.17, 15) is 9.90 Å². The molecule has 5 nitrogen and oxygen atoms in total. The highest BCUT2D eigenvalue weighted by Gasteiger charge is 2.05. The fraction of sp³-hybridized carbons (Fsp3) is 0.533. The third kappa shape index (κ3) is 5.48. The molecule has 1 amide bonds. The molecule has 0 saturated carbocycles. The van der Waals surface area contributed by atoms with Gasteiger partial charge in [-0.1, -0.05) is 13.0 Å². The number of methoxy groups -OCH3 is 1. The van der Waals surface area contributed by atoms with Gasteiger partial charge in [0.1, 0.15) is 0 Å². The van der Waals surface area contributed by atoms with Crippen LogP contribution in [-0.4, -0.2) is 30.7 Å². The quantitative estimate of drug-likeness (QED) is 0.635. The number of benzene rings is 1. The van der Waals surface area contributed by atoms with E-state index in [2.05, 4.69) is 10.6 Å². The van der Waals surface area contributed by atoms with Gasteiger partial charge in [-0.05, 0) is 31.0 Å². The molecule has 1 aromatic rings. The molecule has 0 aromatic heterocycles. The van der Waals surface area contributed by atoms with Gasteiger partial charge in [-0.25, -0.2) is 0 Å². The summed E-state index contributed by atoms with van der Waals surface area (Å²) in [6, 6.07) is 5.48. The van der Waals surface area contributed by atoms with E-state index in [1.54, 1.807) is 12.1 Å². The maximum absolute atomic E-state index is 11.6. The predicted molar refractivity (Wildman–Crippen MR) is 78.9 cm³/mol. The van der Waals surface area contributed by atoms with Crippen molar-refractivity contribution in [3.8, 4) is 11.5 Å². The van der Waals surface area contributed by atoms with Gasteiger partial charge >= 0.3 is 0 Å². The smallest absolute Gasteiger partial charge is 0.221 e. The van der Waals surface area contributed by atoms with Crippen LogP contribution in [0.3, 0.4) is 0 Å². The molecule has 3 N–H and O–H groups in total. The van der Waals surface area contributed by atoms with Crippen molar-refractivity contribution >= 4 is 5.91 Å². The van der Waals surface area contributed by atoms with Crippen LogP contribution < -0.4 is 15.4 Å². The van der Waals surface area contributed by atoms with E-state index in [4.69, 9.17) is 4.74 Å². The lowest BCUT2D eigenvalue weighted by Crippen LogP contribution is -2.33. The Balaban J connectivity index is 2.27. The minimum absolute atomic E-state index is 0.0597. The second-order valence-corrected chi connectivity index (χ2v) is 4.81. The van der Waals surface area contributed by atoms with Gasteiger partial charge in [-0.3, -0.25) is 4.79 Å². The molecule has 0 saturated heterocycles. The average Bonchev–Trinajstić information content (AvgIpc) is 2.43. The van der Waals surface area contributed by atoms with Crippen molar-refractivity contribution in [2.75, 3.05) is 13.7 Å². The summed E-state index contributed by atoms with van der Waals surface area (Å²) in [5.74, 6) is 0.646. The number of aromatic hydroxyl groups is 1. The number of nitrogens with one attached hydrogen (secondary N) is 2. The first-order chi connectivity index (χ1) is 9.56. The van der Waals surface area contributed by atoms with Gasteiger partial charge in [0.15, 0.2) is 11.5 Å². The lowest BCUT2D eigenvalue weighted by molar-refractivity contribution is -0.121. The van der Waals surface area contributed by atoms with Crippen molar-refractivity contribution in [2.24, 2.45) is 0 Å². The Bertz CT molecular complexity index is 435. The van der Waals surface area contributed by atoms with Crippen molar-refractivity contribution in [3.05, 3.63) is 23.8 Å². The van der Waals surface area contributed by atoms with E-state index in [0.717, 1.165) is 12.0 Å². The first-order valence-electron chi connectivity index (χ1n) is 6.92. The lowest BCUT2D eigenvalue weighted by Gasteiger charge is -2.11. The van der Waals surface area contributed by atoms with Gasteiger partial charge in [-0.15, -0.1) is 0 Å². The summed E-state index contributed by atoms with van der Waals surface area (Å²) < 4.78 is 4.98. The number of ether oxygens (including phenoxy) is 1. The summed E-state index contributed by atoms with van der Waals surface area (Å²) in [5, 5.41) is 15.7. The van der Waals surface area contributed by atoms with Crippen molar-refractivity contribution in [3.63, 3.8) is 0 Å². The number of phenolic OH excluding ortho intramolecular Hbond substituents is 1. The second-order valence-electron chi connectivity index (χ2n) is 4.81. The van der Waals surface area contributed by atoms with E-state index in [1.165, 1.54) is 7.11 Å². The SMILES string of the molecule is CCC(C)NC(=O)CCNCc1ccc(OC)c(O)c1. The van der Waals surface area contributed by atoms with Crippen LogP contribution in [0.2, 0.25) is 0 Å². The van der Waals surface area contributed by atoms with Gasteiger partial charge in [0.25, 0.3) is 0 Å². The van der Waals surface area contributed by atoms with Crippen molar-refractivity contribution in [2.45, 2.75) is 39.3 Å². The number of carbonyl (C=O) groups excluding carboxylic acids is 1. The zero-order chi connectivity index (χ0) is 15.0. The van der Waals surface area contributed by atoms with Crippen molar-refractivity contribution in [1.29, 1.82) is 0 Å². The van der Waals surface area contributed by atoms with Crippen LogP contribution in [0.25, 0.3) is 0 Å². The number of hydrogen-bond donors (Lipinski definition) is 3. The van der Waals surface area contributed by atoms with Crippen LogP contribution in [0.5, 0.6) is 11.5 Å². The maximum Gasteiger partial charge on any atom is 0.221 e. The molecule has 0 heterocycles. The van der Waals surface area contributed by atoms with E-state index in [0.29, 0.717) is 25.3 Å². The highest BCUT2D eigenvalue weighted by Crippen LogP contribution is 2.25. The molecule has 112 valence electrons. The average molecular weight is 280 g/mol. The van der Waals surface area contributed by atoms with Crippen LogP contribution in [0.1, 0.15) is 32.3 Å². The van der Waals surface area contributed by atoms with E-state index in [1.807, 2.05) is 19.9 Å². The van der Waals surface area contributed by atoms with Crippen molar-refractivity contribution < 1.29 is 14.6 Å². The molecule has 0 aliphatic rings. The molecule has 0 radical (unpaired) electrons. The molecule has 0 bridgehead atoms. The Hall–Kier alpha value is -1.75. The first-order valence-corrected chi connectivity index (χ1v) is 6.92. The van der Waals surface area contributed by atoms with Crippen LogP contribution in [0.15, 0.2) is 18.2 Å².